The van der Waals surface area contributed by atoms with Crippen molar-refractivity contribution in [3.63, 3.8) is 0 Å². The second-order valence-electron chi connectivity index (χ2n) is 5.76. The number of benzene rings is 1. The highest BCUT2D eigenvalue weighted by Crippen LogP contribution is 2.26. The zero-order valence-electron chi connectivity index (χ0n) is 13.0. The number of rotatable bonds is 5. The Morgan fingerprint density at radius 3 is 2.73 bits per heavy atom. The summed E-state index contributed by atoms with van der Waals surface area (Å²) in [7, 11) is 0. The van der Waals surface area contributed by atoms with Crippen molar-refractivity contribution in [2.24, 2.45) is 5.92 Å². The molecular weight excluding hydrogens is 368 g/mol. The maximum Gasteiger partial charge on any atom is 0.261 e. The molecule has 1 aromatic carbocycles. The second-order valence-corrected chi connectivity index (χ2v) is 6.62. The second kappa shape index (κ2) is 9.38. The van der Waals surface area contributed by atoms with Crippen LogP contribution in [0.3, 0.4) is 0 Å². The van der Waals surface area contributed by atoms with Crippen molar-refractivity contribution in [3.05, 3.63) is 28.7 Å². The van der Waals surface area contributed by atoms with Gasteiger partial charge in [-0.3, -0.25) is 4.79 Å². The van der Waals surface area contributed by atoms with E-state index in [0.29, 0.717) is 5.75 Å². The molecule has 0 bridgehead atoms. The van der Waals surface area contributed by atoms with E-state index in [1.54, 1.807) is 0 Å². The molecule has 6 heteroatoms. The number of para-hydroxylation sites is 1. The first-order valence-electron chi connectivity index (χ1n) is 7.50. The van der Waals surface area contributed by atoms with Crippen LogP contribution in [0.15, 0.2) is 28.7 Å². The quantitative estimate of drug-likeness (QED) is 0.811. The zero-order valence-corrected chi connectivity index (χ0v) is 15.4. The van der Waals surface area contributed by atoms with Crippen molar-refractivity contribution in [1.29, 1.82) is 0 Å². The average molecular weight is 392 g/mol. The Balaban J connectivity index is 0.00000242. The average Bonchev–Trinajstić information content (AvgIpc) is 2.47. The summed E-state index contributed by atoms with van der Waals surface area (Å²) in [6, 6.07) is 7.82. The van der Waals surface area contributed by atoms with Crippen LogP contribution in [0.2, 0.25) is 0 Å². The predicted molar refractivity (Wildman–Crippen MR) is 94.7 cm³/mol. The molecular formula is C16H24BrClN2O2. The highest BCUT2D eigenvalue weighted by Gasteiger charge is 2.27. The maximum atomic E-state index is 12.5. The number of piperidine rings is 1. The molecule has 0 saturated carbocycles. The maximum absolute atomic E-state index is 12.5. The summed E-state index contributed by atoms with van der Waals surface area (Å²) in [5.74, 6) is 0.774. The van der Waals surface area contributed by atoms with Crippen molar-refractivity contribution in [2.75, 3.05) is 13.1 Å². The van der Waals surface area contributed by atoms with Crippen LogP contribution >= 0.6 is 28.3 Å². The Morgan fingerprint density at radius 2 is 2.14 bits per heavy atom. The fourth-order valence-corrected chi connectivity index (χ4v) is 2.81. The minimum Gasteiger partial charge on any atom is -0.479 e. The standard InChI is InChI=1S/C16H23BrN2O2.ClH/c1-11(2)15(21-14-8-4-3-7-13(14)17)16(20)19-12-6-5-9-18-10-12;/h3-4,7-8,11-12,15,18H,5-6,9-10H2,1-2H3,(H,19,20);1H/t12-,15?;/m0./s1. The van der Waals surface area contributed by atoms with Gasteiger partial charge < -0.3 is 15.4 Å². The van der Waals surface area contributed by atoms with Crippen molar-refractivity contribution in [3.8, 4) is 5.75 Å². The summed E-state index contributed by atoms with van der Waals surface area (Å²) in [6.45, 7) is 5.87. The van der Waals surface area contributed by atoms with Gasteiger partial charge in [-0.2, -0.15) is 0 Å². The van der Waals surface area contributed by atoms with E-state index in [2.05, 4.69) is 26.6 Å². The van der Waals surface area contributed by atoms with E-state index < -0.39 is 6.10 Å². The molecule has 2 rings (SSSR count). The lowest BCUT2D eigenvalue weighted by atomic mass is 10.0. The first kappa shape index (κ1) is 19.3. The van der Waals surface area contributed by atoms with Crippen LogP contribution in [0, 0.1) is 5.92 Å². The summed E-state index contributed by atoms with van der Waals surface area (Å²) >= 11 is 3.45. The van der Waals surface area contributed by atoms with Gasteiger partial charge >= 0.3 is 0 Å². The third-order valence-corrected chi connectivity index (χ3v) is 4.25. The molecule has 2 atom stereocenters. The fraction of sp³-hybridized carbons (Fsp3) is 0.562. The van der Waals surface area contributed by atoms with Crippen LogP contribution in [-0.2, 0) is 4.79 Å². The Kier molecular flexibility index (Phi) is 8.21. The normalized spacial score (nSPS) is 19.2. The molecule has 22 heavy (non-hydrogen) atoms. The van der Waals surface area contributed by atoms with E-state index in [-0.39, 0.29) is 30.3 Å². The van der Waals surface area contributed by atoms with E-state index in [9.17, 15) is 4.79 Å². The lowest BCUT2D eigenvalue weighted by Crippen LogP contribution is -2.51. The molecule has 1 saturated heterocycles. The molecule has 0 aromatic heterocycles. The van der Waals surface area contributed by atoms with Crippen LogP contribution in [0.4, 0.5) is 0 Å². The molecule has 1 aromatic rings. The van der Waals surface area contributed by atoms with Gasteiger partial charge in [0.05, 0.1) is 4.47 Å². The third kappa shape index (κ3) is 5.45. The van der Waals surface area contributed by atoms with E-state index in [1.807, 2.05) is 38.1 Å². The van der Waals surface area contributed by atoms with Crippen LogP contribution < -0.4 is 15.4 Å². The third-order valence-electron chi connectivity index (χ3n) is 3.60. The topological polar surface area (TPSA) is 50.4 Å². The van der Waals surface area contributed by atoms with Crippen molar-refractivity contribution in [1.82, 2.24) is 10.6 Å². The monoisotopic (exact) mass is 390 g/mol. The summed E-state index contributed by atoms with van der Waals surface area (Å²) in [6.07, 6.45) is 1.65. The van der Waals surface area contributed by atoms with Gasteiger partial charge in [0.1, 0.15) is 5.75 Å². The van der Waals surface area contributed by atoms with Crippen LogP contribution in [-0.4, -0.2) is 31.1 Å². The van der Waals surface area contributed by atoms with Gasteiger partial charge in [-0.1, -0.05) is 26.0 Å². The summed E-state index contributed by atoms with van der Waals surface area (Å²) < 4.78 is 6.79. The number of carbonyl (C=O) groups is 1. The Hall–Kier alpha value is -0.780. The molecule has 2 N–H and O–H groups in total. The minimum atomic E-state index is -0.481. The lowest BCUT2D eigenvalue weighted by molar-refractivity contribution is -0.130. The predicted octanol–water partition coefficient (Wildman–Crippen LogP) is 3.14. The summed E-state index contributed by atoms with van der Waals surface area (Å²) in [5, 5.41) is 6.40. The SMILES string of the molecule is CC(C)C(Oc1ccccc1Br)C(=O)N[C@H]1CCCNC1.Cl. The van der Waals surface area contributed by atoms with E-state index in [1.165, 1.54) is 0 Å². The van der Waals surface area contributed by atoms with Crippen LogP contribution in [0.5, 0.6) is 5.75 Å². The number of nitrogens with one attached hydrogen (secondary N) is 2. The molecule has 0 spiro atoms. The molecule has 4 nitrogen and oxygen atoms in total. The minimum absolute atomic E-state index is 0. The number of hydrogen-bond acceptors (Lipinski definition) is 3. The smallest absolute Gasteiger partial charge is 0.261 e. The van der Waals surface area contributed by atoms with E-state index in [0.717, 1.165) is 30.4 Å². The summed E-state index contributed by atoms with van der Waals surface area (Å²) in [5.41, 5.74) is 0. The highest BCUT2D eigenvalue weighted by molar-refractivity contribution is 9.10. The van der Waals surface area contributed by atoms with Gasteiger partial charge in [0.2, 0.25) is 0 Å². The van der Waals surface area contributed by atoms with Gasteiger partial charge in [-0.05, 0) is 53.4 Å². The number of hydrogen-bond donors (Lipinski definition) is 2. The molecule has 1 aliphatic rings. The van der Waals surface area contributed by atoms with Crippen LogP contribution in [0.25, 0.3) is 0 Å². The highest BCUT2D eigenvalue weighted by atomic mass is 79.9. The number of ether oxygens (including phenoxy) is 1. The molecule has 1 unspecified atom stereocenters. The lowest BCUT2D eigenvalue weighted by Gasteiger charge is -2.28. The number of amides is 1. The van der Waals surface area contributed by atoms with E-state index >= 15 is 0 Å². The molecule has 0 aliphatic carbocycles. The van der Waals surface area contributed by atoms with Gasteiger partial charge in [-0.15, -0.1) is 12.4 Å². The molecule has 0 radical (unpaired) electrons. The molecule has 1 amide bonds. The first-order valence-corrected chi connectivity index (χ1v) is 8.29. The zero-order chi connectivity index (χ0) is 15.2. The largest absolute Gasteiger partial charge is 0.479 e. The fourth-order valence-electron chi connectivity index (χ4n) is 2.43. The molecule has 124 valence electrons. The molecule has 1 aliphatic heterocycles. The van der Waals surface area contributed by atoms with Crippen molar-refractivity contribution >= 4 is 34.2 Å². The number of halogens is 2. The van der Waals surface area contributed by atoms with Gasteiger partial charge in [0.25, 0.3) is 5.91 Å². The molecule has 1 fully saturated rings. The number of carbonyl (C=O) groups excluding carboxylic acids is 1. The van der Waals surface area contributed by atoms with Gasteiger partial charge in [-0.25, -0.2) is 0 Å². The Bertz CT molecular complexity index is 479. The van der Waals surface area contributed by atoms with Crippen LogP contribution in [0.1, 0.15) is 26.7 Å². The Morgan fingerprint density at radius 1 is 1.41 bits per heavy atom. The summed E-state index contributed by atoms with van der Waals surface area (Å²) in [4.78, 5) is 12.5. The van der Waals surface area contributed by atoms with Crippen molar-refractivity contribution in [2.45, 2.75) is 38.8 Å². The van der Waals surface area contributed by atoms with Crippen molar-refractivity contribution < 1.29 is 9.53 Å². The molecule has 1 heterocycles. The Labute approximate surface area is 146 Å². The first-order chi connectivity index (χ1) is 10.1. The van der Waals surface area contributed by atoms with Gasteiger partial charge in [0, 0.05) is 12.6 Å². The van der Waals surface area contributed by atoms with Gasteiger partial charge in [0.15, 0.2) is 6.10 Å². The van der Waals surface area contributed by atoms with E-state index in [4.69, 9.17) is 4.74 Å².